The van der Waals surface area contributed by atoms with E-state index in [0.29, 0.717) is 0 Å². The third kappa shape index (κ3) is 3.10. The molecule has 0 saturated carbocycles. The molecule has 0 aliphatic carbocycles. The fourth-order valence-corrected chi connectivity index (χ4v) is 4.43. The Bertz CT molecular complexity index is 978. The van der Waals surface area contributed by atoms with Crippen molar-refractivity contribution in [3.63, 3.8) is 0 Å². The first-order valence-electron chi connectivity index (χ1n) is 7.93. The lowest BCUT2D eigenvalue weighted by atomic mass is 10.1. The summed E-state index contributed by atoms with van der Waals surface area (Å²) < 4.78 is 5.26. The first kappa shape index (κ1) is 16.1. The lowest BCUT2D eigenvalue weighted by Crippen LogP contribution is -2.07. The molecule has 0 amide bonds. The smallest absolute Gasteiger partial charge is 0.139 e. The highest BCUT2D eigenvalue weighted by Crippen LogP contribution is 2.38. The molecular formula is C19H17N3OS2. The minimum atomic E-state index is 0.196. The second-order valence-corrected chi connectivity index (χ2v) is 7.50. The molecule has 0 bridgehead atoms. The fraction of sp³-hybridized carbons (Fsp3) is 0.158. The molecule has 4 nitrogen and oxygen atoms in total. The molecule has 1 aromatic carbocycles. The topological polar surface area (TPSA) is 47.0 Å². The molecule has 0 aliphatic heterocycles. The van der Waals surface area contributed by atoms with Crippen molar-refractivity contribution < 1.29 is 4.74 Å². The van der Waals surface area contributed by atoms with Crippen LogP contribution in [-0.4, -0.2) is 17.1 Å². The number of nitrogens with zero attached hydrogens (tertiary/aromatic N) is 2. The van der Waals surface area contributed by atoms with Gasteiger partial charge in [-0.1, -0.05) is 18.2 Å². The molecule has 0 unspecified atom stereocenters. The van der Waals surface area contributed by atoms with Crippen LogP contribution in [0.1, 0.15) is 17.8 Å². The van der Waals surface area contributed by atoms with Crippen LogP contribution in [0.15, 0.2) is 53.5 Å². The van der Waals surface area contributed by atoms with Crippen LogP contribution in [0.5, 0.6) is 5.75 Å². The highest BCUT2D eigenvalue weighted by molar-refractivity contribution is 7.17. The molecule has 0 fully saturated rings. The van der Waals surface area contributed by atoms with Gasteiger partial charge in [0, 0.05) is 15.8 Å². The van der Waals surface area contributed by atoms with Crippen molar-refractivity contribution in [1.29, 1.82) is 0 Å². The molecule has 4 aromatic rings. The Morgan fingerprint density at radius 2 is 1.92 bits per heavy atom. The van der Waals surface area contributed by atoms with Gasteiger partial charge in [-0.3, -0.25) is 0 Å². The number of hydrogen-bond donors (Lipinski definition) is 1. The largest absolute Gasteiger partial charge is 0.497 e. The Hall–Kier alpha value is -2.44. The van der Waals surface area contributed by atoms with Crippen molar-refractivity contribution in [3.8, 4) is 16.9 Å². The third-order valence-corrected chi connectivity index (χ3v) is 6.04. The predicted octanol–water partition coefficient (Wildman–Crippen LogP) is 5.60. The van der Waals surface area contributed by atoms with Crippen LogP contribution >= 0.6 is 22.7 Å². The zero-order chi connectivity index (χ0) is 17.2. The van der Waals surface area contributed by atoms with E-state index in [0.717, 1.165) is 32.9 Å². The van der Waals surface area contributed by atoms with E-state index in [2.05, 4.69) is 57.2 Å². The van der Waals surface area contributed by atoms with Gasteiger partial charge in [0.1, 0.15) is 22.7 Å². The number of anilines is 1. The van der Waals surface area contributed by atoms with Crippen LogP contribution in [-0.2, 0) is 0 Å². The van der Waals surface area contributed by atoms with Gasteiger partial charge in [0.25, 0.3) is 0 Å². The average molecular weight is 367 g/mol. The normalized spacial score (nSPS) is 12.2. The van der Waals surface area contributed by atoms with E-state index >= 15 is 0 Å². The molecule has 3 heterocycles. The number of ether oxygens (including phenoxy) is 1. The van der Waals surface area contributed by atoms with Crippen molar-refractivity contribution >= 4 is 38.7 Å². The summed E-state index contributed by atoms with van der Waals surface area (Å²) in [7, 11) is 1.68. The van der Waals surface area contributed by atoms with Crippen molar-refractivity contribution in [3.05, 3.63) is 58.4 Å². The van der Waals surface area contributed by atoms with Crippen LogP contribution in [0, 0.1) is 0 Å². The van der Waals surface area contributed by atoms with Gasteiger partial charge >= 0.3 is 0 Å². The number of fused-ring (bicyclic) bond motifs is 1. The van der Waals surface area contributed by atoms with E-state index < -0.39 is 0 Å². The van der Waals surface area contributed by atoms with E-state index in [-0.39, 0.29) is 6.04 Å². The highest BCUT2D eigenvalue weighted by atomic mass is 32.1. The molecule has 0 radical (unpaired) electrons. The first-order valence-corrected chi connectivity index (χ1v) is 9.69. The highest BCUT2D eigenvalue weighted by Gasteiger charge is 2.15. The summed E-state index contributed by atoms with van der Waals surface area (Å²) in [4.78, 5) is 11.2. The second kappa shape index (κ2) is 6.82. The lowest BCUT2D eigenvalue weighted by Gasteiger charge is -2.14. The Kier molecular flexibility index (Phi) is 4.38. The predicted molar refractivity (Wildman–Crippen MR) is 106 cm³/mol. The molecule has 1 atom stereocenters. The van der Waals surface area contributed by atoms with E-state index in [9.17, 15) is 0 Å². The molecule has 1 N–H and O–H groups in total. The standard InChI is InChI=1S/C19H17N3OS2/c1-12(16-4-3-9-24-16)22-18-17-15(10-25-19(17)21-11-20-18)13-5-7-14(23-2)8-6-13/h3-12H,1-2H3,(H,20,21,22)/t12-/m1/s1. The number of hydrogen-bond acceptors (Lipinski definition) is 6. The number of thiophene rings is 2. The minimum Gasteiger partial charge on any atom is -0.497 e. The number of methoxy groups -OCH3 is 1. The van der Waals surface area contributed by atoms with Crippen molar-refractivity contribution in [2.24, 2.45) is 0 Å². The number of nitrogens with one attached hydrogen (secondary N) is 1. The maximum Gasteiger partial charge on any atom is 0.139 e. The summed E-state index contributed by atoms with van der Waals surface area (Å²) in [5, 5.41) is 8.85. The monoisotopic (exact) mass is 367 g/mol. The van der Waals surface area contributed by atoms with E-state index in [1.807, 2.05) is 12.1 Å². The molecule has 126 valence electrons. The molecule has 6 heteroatoms. The quantitative estimate of drug-likeness (QED) is 0.499. The number of benzene rings is 1. The second-order valence-electron chi connectivity index (χ2n) is 5.66. The van der Waals surface area contributed by atoms with Gasteiger partial charge in [-0.15, -0.1) is 22.7 Å². The summed E-state index contributed by atoms with van der Waals surface area (Å²) in [6.07, 6.45) is 1.63. The van der Waals surface area contributed by atoms with E-state index in [1.54, 1.807) is 36.1 Å². The molecule has 25 heavy (non-hydrogen) atoms. The van der Waals surface area contributed by atoms with Crippen LogP contribution in [0.25, 0.3) is 21.3 Å². The van der Waals surface area contributed by atoms with Gasteiger partial charge in [0.15, 0.2) is 0 Å². The van der Waals surface area contributed by atoms with Crippen LogP contribution < -0.4 is 10.1 Å². The Balaban J connectivity index is 1.76. The third-order valence-electron chi connectivity index (χ3n) is 4.09. The SMILES string of the molecule is COc1ccc(-c2csc3ncnc(N[C@H](C)c4cccs4)c23)cc1. The summed E-state index contributed by atoms with van der Waals surface area (Å²) in [5.41, 5.74) is 2.28. The van der Waals surface area contributed by atoms with Crippen molar-refractivity contribution in [2.75, 3.05) is 12.4 Å². The summed E-state index contributed by atoms with van der Waals surface area (Å²) in [6, 6.07) is 12.5. The van der Waals surface area contributed by atoms with Crippen molar-refractivity contribution in [2.45, 2.75) is 13.0 Å². The Morgan fingerprint density at radius 1 is 1.08 bits per heavy atom. The molecule has 4 rings (SSSR count). The molecule has 3 aromatic heterocycles. The molecule has 0 spiro atoms. The average Bonchev–Trinajstić information content (AvgIpc) is 3.32. The summed E-state index contributed by atoms with van der Waals surface area (Å²) >= 11 is 3.38. The van der Waals surface area contributed by atoms with Gasteiger partial charge in [-0.2, -0.15) is 0 Å². The molecule has 0 saturated heterocycles. The number of aromatic nitrogens is 2. The molecular weight excluding hydrogens is 350 g/mol. The van der Waals surface area contributed by atoms with Crippen molar-refractivity contribution in [1.82, 2.24) is 9.97 Å². The zero-order valence-corrected chi connectivity index (χ0v) is 15.5. The maximum absolute atomic E-state index is 5.26. The Morgan fingerprint density at radius 3 is 2.64 bits per heavy atom. The van der Waals surface area contributed by atoms with Gasteiger partial charge in [0.2, 0.25) is 0 Å². The zero-order valence-electron chi connectivity index (χ0n) is 13.9. The van der Waals surface area contributed by atoms with E-state index in [1.165, 1.54) is 4.88 Å². The minimum absolute atomic E-state index is 0.196. The summed E-state index contributed by atoms with van der Waals surface area (Å²) in [5.74, 6) is 1.72. The lowest BCUT2D eigenvalue weighted by molar-refractivity contribution is 0.415. The first-order chi connectivity index (χ1) is 12.3. The molecule has 0 aliphatic rings. The van der Waals surface area contributed by atoms with Crippen LogP contribution in [0.4, 0.5) is 5.82 Å². The Labute approximate surface area is 154 Å². The fourth-order valence-electron chi connectivity index (χ4n) is 2.78. The van der Waals surface area contributed by atoms with Gasteiger partial charge in [0.05, 0.1) is 18.5 Å². The summed E-state index contributed by atoms with van der Waals surface area (Å²) in [6.45, 7) is 2.15. The van der Waals surface area contributed by atoms with Gasteiger partial charge in [-0.05, 0) is 36.1 Å². The maximum atomic E-state index is 5.26. The van der Waals surface area contributed by atoms with Crippen LogP contribution in [0.2, 0.25) is 0 Å². The van der Waals surface area contributed by atoms with Gasteiger partial charge < -0.3 is 10.1 Å². The number of rotatable bonds is 5. The van der Waals surface area contributed by atoms with Crippen LogP contribution in [0.3, 0.4) is 0 Å². The van der Waals surface area contributed by atoms with Gasteiger partial charge in [-0.25, -0.2) is 9.97 Å². The van der Waals surface area contributed by atoms with E-state index in [4.69, 9.17) is 4.74 Å².